The minimum absolute atomic E-state index is 0.0441. The summed E-state index contributed by atoms with van der Waals surface area (Å²) in [6.45, 7) is 0.745. The third-order valence-corrected chi connectivity index (χ3v) is 4.48. The molecule has 0 heterocycles. The van der Waals surface area contributed by atoms with Gasteiger partial charge in [0.1, 0.15) is 16.7 Å². The first-order valence-corrected chi connectivity index (χ1v) is 7.19. The van der Waals surface area contributed by atoms with Gasteiger partial charge in [-0.15, -0.1) is 0 Å². The van der Waals surface area contributed by atoms with Crippen LogP contribution in [0.5, 0.6) is 5.75 Å². The molecule has 0 saturated heterocycles. The van der Waals surface area contributed by atoms with E-state index in [0.717, 1.165) is 0 Å². The fraction of sp³-hybridized carbons (Fsp3) is 0.273. The number of halogens is 5. The van der Waals surface area contributed by atoms with Gasteiger partial charge in [0, 0.05) is 6.92 Å². The molecule has 0 spiro atoms. The lowest BCUT2D eigenvalue weighted by Gasteiger charge is -2.17. The molecule has 1 aromatic rings. The molecule has 1 rings (SSSR count). The maximum atomic E-state index is 11.0. The van der Waals surface area contributed by atoms with Crippen molar-refractivity contribution in [3.8, 4) is 5.75 Å². The third kappa shape index (κ3) is 4.44. The van der Waals surface area contributed by atoms with Crippen LogP contribution in [0.3, 0.4) is 0 Å². The van der Waals surface area contributed by atoms with Crippen molar-refractivity contribution in [1.82, 2.24) is 5.32 Å². The van der Waals surface area contributed by atoms with Crippen molar-refractivity contribution in [2.45, 2.75) is 13.0 Å². The summed E-state index contributed by atoms with van der Waals surface area (Å²) in [5, 5.41) is 10.7. The quantitative estimate of drug-likeness (QED) is 0.585. The molecule has 1 unspecified atom stereocenters. The molecule has 1 aromatic carbocycles. The summed E-state index contributed by atoms with van der Waals surface area (Å²) in [6, 6.07) is -1.29. The molecule has 0 fully saturated rings. The maximum Gasteiger partial charge on any atom is 0.329 e. The topological polar surface area (TPSA) is 75.6 Å². The van der Waals surface area contributed by atoms with Crippen molar-refractivity contribution in [3.05, 3.63) is 25.1 Å². The zero-order valence-corrected chi connectivity index (χ0v) is 14.1. The van der Waals surface area contributed by atoms with E-state index in [9.17, 15) is 9.59 Å². The molecule has 116 valence electrons. The normalized spacial score (nSPS) is 11.9. The third-order valence-electron chi connectivity index (χ3n) is 2.24. The standard InChI is InChI=1S/C11H8Cl5NO4/c1-3(18)17-4(11(19)20)2-21-10-8(15)6(13)5(12)7(14)9(10)16/h4H,2H2,1H3,(H,17,18)(H,19,20). The Kier molecular flexibility index (Phi) is 6.69. The average molecular weight is 395 g/mol. The van der Waals surface area contributed by atoms with Crippen LogP contribution in [-0.2, 0) is 9.59 Å². The maximum absolute atomic E-state index is 11.0. The highest BCUT2D eigenvalue weighted by molar-refractivity contribution is 6.55. The van der Waals surface area contributed by atoms with Gasteiger partial charge >= 0.3 is 5.97 Å². The second-order valence-electron chi connectivity index (χ2n) is 3.80. The summed E-state index contributed by atoms with van der Waals surface area (Å²) in [4.78, 5) is 21.9. The van der Waals surface area contributed by atoms with Gasteiger partial charge in [0.05, 0.1) is 15.1 Å². The zero-order chi connectivity index (χ0) is 16.3. The van der Waals surface area contributed by atoms with E-state index < -0.39 is 24.5 Å². The van der Waals surface area contributed by atoms with Crippen molar-refractivity contribution in [1.29, 1.82) is 0 Å². The van der Waals surface area contributed by atoms with Crippen LogP contribution in [-0.4, -0.2) is 29.6 Å². The van der Waals surface area contributed by atoms with Crippen molar-refractivity contribution in [2.75, 3.05) is 6.61 Å². The van der Waals surface area contributed by atoms with Gasteiger partial charge in [0.25, 0.3) is 0 Å². The average Bonchev–Trinajstić information content (AvgIpc) is 2.41. The predicted octanol–water partition coefficient (Wildman–Crippen LogP) is 3.92. The number of carbonyl (C=O) groups excluding carboxylic acids is 1. The SMILES string of the molecule is CC(=O)NC(COc1c(Cl)c(Cl)c(Cl)c(Cl)c1Cl)C(=O)O. The van der Waals surface area contributed by atoms with Gasteiger partial charge in [-0.25, -0.2) is 4.79 Å². The molecule has 5 nitrogen and oxygen atoms in total. The van der Waals surface area contributed by atoms with E-state index in [-0.39, 0.29) is 30.9 Å². The first kappa shape index (κ1) is 18.5. The van der Waals surface area contributed by atoms with Crippen LogP contribution in [0.25, 0.3) is 0 Å². The van der Waals surface area contributed by atoms with E-state index >= 15 is 0 Å². The van der Waals surface area contributed by atoms with Gasteiger partial charge in [-0.3, -0.25) is 4.79 Å². The predicted molar refractivity (Wildman–Crippen MR) is 82.2 cm³/mol. The van der Waals surface area contributed by atoms with Crippen molar-refractivity contribution in [3.63, 3.8) is 0 Å². The number of amides is 1. The Morgan fingerprint density at radius 1 is 1.05 bits per heavy atom. The lowest BCUT2D eigenvalue weighted by atomic mass is 10.3. The number of rotatable bonds is 5. The summed E-state index contributed by atoms with van der Waals surface area (Å²) in [6.07, 6.45) is 0. The van der Waals surface area contributed by atoms with Crippen LogP contribution >= 0.6 is 58.0 Å². The molecule has 0 aliphatic rings. The van der Waals surface area contributed by atoms with E-state index in [1.807, 2.05) is 0 Å². The van der Waals surface area contributed by atoms with Gasteiger partial charge in [-0.2, -0.15) is 0 Å². The number of aliphatic carboxylic acids is 1. The van der Waals surface area contributed by atoms with E-state index in [1.54, 1.807) is 0 Å². The molecule has 1 amide bonds. The number of carboxylic acid groups (broad SMARTS) is 1. The van der Waals surface area contributed by atoms with Crippen molar-refractivity contribution >= 4 is 69.9 Å². The summed E-state index contributed by atoms with van der Waals surface area (Å²) in [5.41, 5.74) is 0. The fourth-order valence-corrected chi connectivity index (χ4v) is 2.53. The lowest BCUT2D eigenvalue weighted by Crippen LogP contribution is -2.43. The lowest BCUT2D eigenvalue weighted by molar-refractivity contribution is -0.142. The second-order valence-corrected chi connectivity index (χ2v) is 5.69. The van der Waals surface area contributed by atoms with Crippen LogP contribution < -0.4 is 10.1 Å². The number of benzene rings is 1. The van der Waals surface area contributed by atoms with E-state index in [2.05, 4.69) is 5.32 Å². The van der Waals surface area contributed by atoms with Crippen LogP contribution in [0.1, 0.15) is 6.92 Å². The zero-order valence-electron chi connectivity index (χ0n) is 10.3. The molecule has 0 aliphatic heterocycles. The number of nitrogens with one attached hydrogen (secondary N) is 1. The Morgan fingerprint density at radius 2 is 1.48 bits per heavy atom. The monoisotopic (exact) mass is 393 g/mol. The number of ether oxygens (including phenoxy) is 1. The molecule has 0 saturated carbocycles. The van der Waals surface area contributed by atoms with Crippen LogP contribution in [0.15, 0.2) is 0 Å². The van der Waals surface area contributed by atoms with Crippen LogP contribution in [0.2, 0.25) is 25.1 Å². The minimum Gasteiger partial charge on any atom is -0.488 e. The van der Waals surface area contributed by atoms with E-state index in [0.29, 0.717) is 0 Å². The van der Waals surface area contributed by atoms with Crippen molar-refractivity contribution in [2.24, 2.45) is 0 Å². The summed E-state index contributed by atoms with van der Waals surface area (Å²) in [5.74, 6) is -1.94. The molecule has 1 atom stereocenters. The molecule has 0 aliphatic carbocycles. The fourth-order valence-electron chi connectivity index (χ4n) is 1.30. The Balaban J connectivity index is 3.03. The smallest absolute Gasteiger partial charge is 0.329 e. The molecular formula is C11H8Cl5NO4. The molecule has 2 N–H and O–H groups in total. The molecule has 21 heavy (non-hydrogen) atoms. The van der Waals surface area contributed by atoms with E-state index in [4.69, 9.17) is 67.8 Å². The Bertz CT molecular complexity index is 563. The first-order chi connectivity index (χ1) is 9.66. The van der Waals surface area contributed by atoms with Gasteiger partial charge in [-0.1, -0.05) is 58.0 Å². The largest absolute Gasteiger partial charge is 0.488 e. The highest BCUT2D eigenvalue weighted by Crippen LogP contribution is 2.48. The number of carboxylic acids is 1. The van der Waals surface area contributed by atoms with Crippen LogP contribution in [0.4, 0.5) is 0 Å². The number of hydrogen-bond donors (Lipinski definition) is 2. The highest BCUT2D eigenvalue weighted by atomic mass is 35.5. The summed E-state index contributed by atoms with van der Waals surface area (Å²) >= 11 is 29.4. The first-order valence-electron chi connectivity index (χ1n) is 5.31. The second kappa shape index (κ2) is 7.61. The van der Waals surface area contributed by atoms with Gasteiger partial charge in [0.15, 0.2) is 11.8 Å². The molecular weight excluding hydrogens is 387 g/mol. The number of carbonyl (C=O) groups is 2. The Labute approximate surface area is 145 Å². The van der Waals surface area contributed by atoms with Gasteiger partial charge < -0.3 is 15.2 Å². The molecule has 0 bridgehead atoms. The van der Waals surface area contributed by atoms with Gasteiger partial charge in [0.2, 0.25) is 5.91 Å². The number of hydrogen-bond acceptors (Lipinski definition) is 3. The Hall–Kier alpha value is -0.590. The molecule has 10 heteroatoms. The highest BCUT2D eigenvalue weighted by Gasteiger charge is 2.24. The summed E-state index contributed by atoms with van der Waals surface area (Å²) < 4.78 is 5.22. The molecule has 0 aromatic heterocycles. The van der Waals surface area contributed by atoms with Crippen molar-refractivity contribution < 1.29 is 19.4 Å². The van der Waals surface area contributed by atoms with Crippen LogP contribution in [0, 0.1) is 0 Å². The molecule has 0 radical (unpaired) electrons. The van der Waals surface area contributed by atoms with E-state index in [1.165, 1.54) is 6.92 Å². The minimum atomic E-state index is -1.29. The Morgan fingerprint density at radius 3 is 1.86 bits per heavy atom. The summed E-state index contributed by atoms with van der Waals surface area (Å²) in [7, 11) is 0. The van der Waals surface area contributed by atoms with Gasteiger partial charge in [-0.05, 0) is 0 Å².